The topological polar surface area (TPSA) is 34.1 Å². The van der Waals surface area contributed by atoms with Crippen molar-refractivity contribution in [2.75, 3.05) is 0 Å². The lowest BCUT2D eigenvalue weighted by atomic mass is 9.78. The van der Waals surface area contributed by atoms with Crippen LogP contribution in [0.5, 0.6) is 0 Å². The van der Waals surface area contributed by atoms with Crippen molar-refractivity contribution in [2.45, 2.75) is 13.8 Å². The summed E-state index contributed by atoms with van der Waals surface area (Å²) >= 11 is 0. The molecule has 0 saturated carbocycles. The van der Waals surface area contributed by atoms with Gasteiger partial charge in [-0.3, -0.25) is 9.59 Å². The van der Waals surface area contributed by atoms with Crippen molar-refractivity contribution in [1.82, 2.24) is 0 Å². The standard InChI is InChI=1S/C17H14O2/c1-10(2)12-7-8-14-15(16(12)18)9-11-5-3-4-6-13(11)17(14)19/h3-10H,1-2H3. The lowest BCUT2D eigenvalue weighted by Gasteiger charge is -2.22. The van der Waals surface area contributed by atoms with Crippen molar-refractivity contribution < 1.29 is 9.59 Å². The molecule has 19 heavy (non-hydrogen) atoms. The highest BCUT2D eigenvalue weighted by atomic mass is 16.1. The first kappa shape index (κ1) is 11.8. The molecule has 0 radical (unpaired) electrons. The van der Waals surface area contributed by atoms with Gasteiger partial charge in [0.15, 0.2) is 11.6 Å². The second kappa shape index (κ2) is 4.16. The summed E-state index contributed by atoms with van der Waals surface area (Å²) in [6, 6.07) is 7.40. The maximum atomic E-state index is 12.4. The zero-order valence-electron chi connectivity index (χ0n) is 10.9. The van der Waals surface area contributed by atoms with Crippen LogP contribution < -0.4 is 0 Å². The Hall–Kier alpha value is -2.22. The Bertz CT molecular complexity index is 685. The second-order valence-corrected chi connectivity index (χ2v) is 5.16. The van der Waals surface area contributed by atoms with E-state index in [0.717, 1.165) is 11.1 Å². The number of ketones is 2. The minimum atomic E-state index is -0.0551. The Labute approximate surface area is 112 Å². The largest absolute Gasteiger partial charge is 0.289 e. The van der Waals surface area contributed by atoms with Crippen molar-refractivity contribution in [3.63, 3.8) is 0 Å². The normalized spacial score (nSPS) is 17.5. The van der Waals surface area contributed by atoms with Crippen molar-refractivity contribution in [1.29, 1.82) is 0 Å². The highest BCUT2D eigenvalue weighted by Crippen LogP contribution is 2.34. The van der Waals surface area contributed by atoms with Crippen LogP contribution in [0.3, 0.4) is 0 Å². The molecule has 2 aliphatic carbocycles. The molecule has 0 aliphatic heterocycles. The summed E-state index contributed by atoms with van der Waals surface area (Å²) in [5.74, 6) is 0.0920. The third-order valence-electron chi connectivity index (χ3n) is 3.60. The highest BCUT2D eigenvalue weighted by Gasteiger charge is 2.31. The van der Waals surface area contributed by atoms with Crippen molar-refractivity contribution in [3.8, 4) is 0 Å². The smallest absolute Gasteiger partial charge is 0.194 e. The first-order valence-electron chi connectivity index (χ1n) is 6.42. The van der Waals surface area contributed by atoms with E-state index in [1.54, 1.807) is 18.2 Å². The van der Waals surface area contributed by atoms with Gasteiger partial charge in [-0.2, -0.15) is 0 Å². The van der Waals surface area contributed by atoms with Crippen LogP contribution in [0.2, 0.25) is 0 Å². The number of rotatable bonds is 1. The summed E-state index contributed by atoms with van der Waals surface area (Å²) in [6.07, 6.45) is 5.40. The molecule has 94 valence electrons. The number of carbonyl (C=O) groups is 2. The Morgan fingerprint density at radius 3 is 2.37 bits per heavy atom. The van der Waals surface area contributed by atoms with Gasteiger partial charge in [-0.25, -0.2) is 0 Å². The first-order valence-corrected chi connectivity index (χ1v) is 6.42. The maximum Gasteiger partial charge on any atom is 0.194 e. The van der Waals surface area contributed by atoms with E-state index in [2.05, 4.69) is 0 Å². The Morgan fingerprint density at radius 2 is 1.63 bits per heavy atom. The van der Waals surface area contributed by atoms with Gasteiger partial charge in [-0.05, 0) is 23.6 Å². The molecule has 0 N–H and O–H groups in total. The van der Waals surface area contributed by atoms with E-state index < -0.39 is 0 Å². The maximum absolute atomic E-state index is 12.4. The third kappa shape index (κ3) is 1.72. The molecule has 0 saturated heterocycles. The monoisotopic (exact) mass is 250 g/mol. The Morgan fingerprint density at radius 1 is 0.895 bits per heavy atom. The lowest BCUT2D eigenvalue weighted by molar-refractivity contribution is -0.112. The fourth-order valence-corrected chi connectivity index (χ4v) is 2.54. The first-order chi connectivity index (χ1) is 9.09. The molecule has 0 fully saturated rings. The molecule has 2 heteroatoms. The SMILES string of the molecule is CC(C)C1=CC=C2C(=O)c3ccccc3C=C2C1=O. The average molecular weight is 250 g/mol. The number of hydrogen-bond acceptors (Lipinski definition) is 2. The quantitative estimate of drug-likeness (QED) is 0.766. The molecule has 2 aliphatic rings. The molecule has 3 rings (SSSR count). The number of fused-ring (bicyclic) bond motifs is 2. The summed E-state index contributed by atoms with van der Waals surface area (Å²) in [5, 5.41) is 0. The van der Waals surface area contributed by atoms with Crippen molar-refractivity contribution in [2.24, 2.45) is 5.92 Å². The van der Waals surface area contributed by atoms with E-state index in [-0.39, 0.29) is 17.5 Å². The molecule has 0 atom stereocenters. The van der Waals surface area contributed by atoms with Crippen LogP contribution in [0.4, 0.5) is 0 Å². The summed E-state index contributed by atoms with van der Waals surface area (Å²) in [4.78, 5) is 24.8. The number of carbonyl (C=O) groups excluding carboxylic acids is 2. The number of benzene rings is 1. The van der Waals surface area contributed by atoms with Crippen LogP contribution in [0.25, 0.3) is 6.08 Å². The summed E-state index contributed by atoms with van der Waals surface area (Å²) < 4.78 is 0. The molecule has 1 aromatic carbocycles. The minimum absolute atomic E-state index is 0.0182. The van der Waals surface area contributed by atoms with Gasteiger partial charge >= 0.3 is 0 Å². The van der Waals surface area contributed by atoms with Crippen LogP contribution in [-0.4, -0.2) is 11.6 Å². The van der Waals surface area contributed by atoms with Crippen molar-refractivity contribution in [3.05, 3.63) is 64.3 Å². The molecule has 1 aromatic rings. The van der Waals surface area contributed by atoms with Gasteiger partial charge in [0.25, 0.3) is 0 Å². The van der Waals surface area contributed by atoms with E-state index in [1.165, 1.54) is 0 Å². The Balaban J connectivity index is 2.20. The zero-order chi connectivity index (χ0) is 13.6. The number of Topliss-reactive ketones (excluding diaryl/α,β-unsaturated/α-hetero) is 2. The summed E-state index contributed by atoms with van der Waals surface area (Å²) in [5.41, 5.74) is 3.33. The van der Waals surface area contributed by atoms with Gasteiger partial charge in [0.1, 0.15) is 0 Å². The van der Waals surface area contributed by atoms with Crippen LogP contribution >= 0.6 is 0 Å². The molecule has 0 aromatic heterocycles. The fourth-order valence-electron chi connectivity index (χ4n) is 2.54. The molecular weight excluding hydrogens is 236 g/mol. The zero-order valence-corrected chi connectivity index (χ0v) is 10.9. The van der Waals surface area contributed by atoms with Gasteiger partial charge in [-0.15, -0.1) is 0 Å². The average Bonchev–Trinajstić information content (AvgIpc) is 2.40. The van der Waals surface area contributed by atoms with Crippen LogP contribution in [0.1, 0.15) is 29.8 Å². The molecular formula is C17H14O2. The predicted octanol–water partition coefficient (Wildman–Crippen LogP) is 3.36. The molecule has 2 nitrogen and oxygen atoms in total. The summed E-state index contributed by atoms with van der Waals surface area (Å²) in [6.45, 7) is 3.98. The van der Waals surface area contributed by atoms with Gasteiger partial charge in [0.05, 0.1) is 0 Å². The van der Waals surface area contributed by atoms with E-state index >= 15 is 0 Å². The highest BCUT2D eigenvalue weighted by molar-refractivity contribution is 6.28. The van der Waals surface area contributed by atoms with Crippen molar-refractivity contribution >= 4 is 17.6 Å². The van der Waals surface area contributed by atoms with Crippen LogP contribution in [0, 0.1) is 5.92 Å². The number of hydrogen-bond donors (Lipinski definition) is 0. The molecule has 0 amide bonds. The lowest BCUT2D eigenvalue weighted by Crippen LogP contribution is -2.22. The molecule has 0 spiro atoms. The third-order valence-corrected chi connectivity index (χ3v) is 3.60. The Kier molecular flexibility index (Phi) is 2.59. The minimum Gasteiger partial charge on any atom is -0.289 e. The van der Waals surface area contributed by atoms with Gasteiger partial charge < -0.3 is 0 Å². The van der Waals surface area contributed by atoms with Crippen LogP contribution in [0.15, 0.2) is 53.1 Å². The molecule has 0 bridgehead atoms. The van der Waals surface area contributed by atoms with E-state index in [9.17, 15) is 9.59 Å². The predicted molar refractivity (Wildman–Crippen MR) is 74.8 cm³/mol. The summed E-state index contributed by atoms with van der Waals surface area (Å²) in [7, 11) is 0. The van der Waals surface area contributed by atoms with Gasteiger partial charge in [0.2, 0.25) is 0 Å². The van der Waals surface area contributed by atoms with Crippen LogP contribution in [-0.2, 0) is 4.79 Å². The van der Waals surface area contributed by atoms with Gasteiger partial charge in [0, 0.05) is 22.3 Å². The van der Waals surface area contributed by atoms with E-state index in [4.69, 9.17) is 0 Å². The van der Waals surface area contributed by atoms with E-state index in [0.29, 0.717) is 16.7 Å². The second-order valence-electron chi connectivity index (χ2n) is 5.16. The molecule has 0 heterocycles. The van der Waals surface area contributed by atoms with E-state index in [1.807, 2.05) is 38.1 Å². The van der Waals surface area contributed by atoms with Gasteiger partial charge in [-0.1, -0.05) is 44.2 Å². The number of allylic oxidation sites excluding steroid dienone is 5. The molecule has 0 unspecified atom stereocenters. The fraction of sp³-hybridized carbons (Fsp3) is 0.176.